The maximum absolute atomic E-state index is 13.2. The Hall–Kier alpha value is -0.610. The van der Waals surface area contributed by atoms with Crippen LogP contribution in [0.4, 0.5) is 10.1 Å². The predicted octanol–water partition coefficient (Wildman–Crippen LogP) is 4.35. The van der Waals surface area contributed by atoms with Gasteiger partial charge in [-0.3, -0.25) is 0 Å². The van der Waals surface area contributed by atoms with Crippen molar-refractivity contribution in [3.8, 4) is 0 Å². The lowest BCUT2D eigenvalue weighted by Gasteiger charge is -2.38. The van der Waals surface area contributed by atoms with Crippen molar-refractivity contribution in [2.45, 2.75) is 44.8 Å². The highest BCUT2D eigenvalue weighted by atomic mass is 79.9. The Morgan fingerprint density at radius 3 is 3.06 bits per heavy atom. The second-order valence-corrected chi connectivity index (χ2v) is 5.96. The molecule has 1 aliphatic heterocycles. The Morgan fingerprint density at radius 2 is 2.33 bits per heavy atom. The predicted molar refractivity (Wildman–Crippen MR) is 75.4 cm³/mol. The third kappa shape index (κ3) is 3.23. The van der Waals surface area contributed by atoms with Gasteiger partial charge in [0, 0.05) is 17.1 Å². The lowest BCUT2D eigenvalue weighted by Crippen LogP contribution is -2.41. The van der Waals surface area contributed by atoms with Gasteiger partial charge in [0.2, 0.25) is 0 Å². The zero-order valence-corrected chi connectivity index (χ0v) is 12.4. The quantitative estimate of drug-likeness (QED) is 0.895. The van der Waals surface area contributed by atoms with E-state index in [1.54, 1.807) is 6.07 Å². The first-order chi connectivity index (χ1) is 8.52. The zero-order valence-electron chi connectivity index (χ0n) is 10.8. The Labute approximate surface area is 116 Å². The molecule has 2 rings (SSSR count). The molecule has 1 aromatic carbocycles. The fourth-order valence-corrected chi connectivity index (χ4v) is 2.69. The van der Waals surface area contributed by atoms with E-state index < -0.39 is 0 Å². The van der Waals surface area contributed by atoms with Crippen LogP contribution < -0.4 is 5.32 Å². The summed E-state index contributed by atoms with van der Waals surface area (Å²) < 4.78 is 19.9. The fraction of sp³-hybridized carbons (Fsp3) is 0.571. The molecule has 0 saturated carbocycles. The van der Waals surface area contributed by atoms with Crippen molar-refractivity contribution in [1.82, 2.24) is 0 Å². The molecule has 1 aliphatic rings. The number of anilines is 1. The molecule has 0 aromatic heterocycles. The molecule has 1 aromatic rings. The van der Waals surface area contributed by atoms with Gasteiger partial charge in [-0.25, -0.2) is 4.39 Å². The monoisotopic (exact) mass is 315 g/mol. The molecule has 2 nitrogen and oxygen atoms in total. The molecule has 0 aliphatic carbocycles. The average Bonchev–Trinajstić information content (AvgIpc) is 2.34. The van der Waals surface area contributed by atoms with Crippen molar-refractivity contribution in [3.05, 3.63) is 28.5 Å². The van der Waals surface area contributed by atoms with Gasteiger partial charge in [-0.15, -0.1) is 0 Å². The first-order valence-electron chi connectivity index (χ1n) is 6.38. The molecule has 0 bridgehead atoms. The van der Waals surface area contributed by atoms with Gasteiger partial charge in [0.1, 0.15) is 5.82 Å². The van der Waals surface area contributed by atoms with Gasteiger partial charge in [0.15, 0.2) is 0 Å². The van der Waals surface area contributed by atoms with E-state index in [1.807, 2.05) is 0 Å². The standard InChI is InChI=1S/C14H19BrFNO/c1-3-14(2)9-11(6-7-18-14)17-13-8-10(16)4-5-12(13)15/h4-5,8,11,17H,3,6-7,9H2,1-2H3. The fourth-order valence-electron chi connectivity index (χ4n) is 2.33. The minimum Gasteiger partial charge on any atom is -0.381 e. The van der Waals surface area contributed by atoms with Crippen LogP contribution >= 0.6 is 15.9 Å². The summed E-state index contributed by atoms with van der Waals surface area (Å²) in [6, 6.07) is 5.05. The summed E-state index contributed by atoms with van der Waals surface area (Å²) in [5.74, 6) is -0.217. The number of ether oxygens (including phenoxy) is 1. The van der Waals surface area contributed by atoms with E-state index in [9.17, 15) is 4.39 Å². The molecular formula is C14H19BrFNO. The van der Waals surface area contributed by atoms with Gasteiger partial charge >= 0.3 is 0 Å². The summed E-state index contributed by atoms with van der Waals surface area (Å²) in [5, 5.41) is 3.41. The van der Waals surface area contributed by atoms with Crippen LogP contribution in [0, 0.1) is 5.82 Å². The van der Waals surface area contributed by atoms with E-state index in [0.29, 0.717) is 6.04 Å². The van der Waals surface area contributed by atoms with Crippen molar-refractivity contribution >= 4 is 21.6 Å². The van der Waals surface area contributed by atoms with Crippen LogP contribution in [0.3, 0.4) is 0 Å². The molecule has 4 heteroatoms. The second-order valence-electron chi connectivity index (χ2n) is 5.11. The molecule has 1 N–H and O–H groups in total. The van der Waals surface area contributed by atoms with Crippen LogP contribution in [0.25, 0.3) is 0 Å². The molecular weight excluding hydrogens is 297 g/mol. The van der Waals surface area contributed by atoms with Gasteiger partial charge in [-0.05, 0) is 60.3 Å². The van der Waals surface area contributed by atoms with Crippen molar-refractivity contribution in [3.63, 3.8) is 0 Å². The summed E-state index contributed by atoms with van der Waals surface area (Å²) in [7, 11) is 0. The molecule has 0 spiro atoms. The van der Waals surface area contributed by atoms with Crippen LogP contribution in [0.2, 0.25) is 0 Å². The molecule has 100 valence electrons. The third-order valence-electron chi connectivity index (χ3n) is 3.63. The minimum absolute atomic E-state index is 0.0598. The number of halogens is 2. The lowest BCUT2D eigenvalue weighted by molar-refractivity contribution is -0.0708. The molecule has 0 amide bonds. The highest BCUT2D eigenvalue weighted by Crippen LogP contribution is 2.31. The van der Waals surface area contributed by atoms with Gasteiger partial charge in [0.25, 0.3) is 0 Å². The molecule has 18 heavy (non-hydrogen) atoms. The van der Waals surface area contributed by atoms with E-state index in [0.717, 1.165) is 36.0 Å². The van der Waals surface area contributed by atoms with Gasteiger partial charge < -0.3 is 10.1 Å². The normalized spacial score (nSPS) is 28.1. The summed E-state index contributed by atoms with van der Waals surface area (Å²) >= 11 is 3.44. The topological polar surface area (TPSA) is 21.3 Å². The number of rotatable bonds is 3. The van der Waals surface area contributed by atoms with E-state index in [-0.39, 0.29) is 11.4 Å². The lowest BCUT2D eigenvalue weighted by atomic mass is 9.90. The Kier molecular flexibility index (Phi) is 4.28. The Morgan fingerprint density at radius 1 is 1.56 bits per heavy atom. The van der Waals surface area contributed by atoms with Crippen LogP contribution in [-0.2, 0) is 4.74 Å². The number of nitrogens with one attached hydrogen (secondary N) is 1. The van der Waals surface area contributed by atoms with E-state index >= 15 is 0 Å². The molecule has 2 unspecified atom stereocenters. The Bertz CT molecular complexity index is 426. The molecule has 1 heterocycles. The summed E-state index contributed by atoms with van der Waals surface area (Å²) in [4.78, 5) is 0. The first kappa shape index (κ1) is 13.8. The Balaban J connectivity index is 2.07. The van der Waals surface area contributed by atoms with E-state index in [1.165, 1.54) is 12.1 Å². The largest absolute Gasteiger partial charge is 0.381 e. The SMILES string of the molecule is CCC1(C)CC(Nc2cc(F)ccc2Br)CCO1. The van der Waals surface area contributed by atoms with Crippen LogP contribution in [0.5, 0.6) is 0 Å². The molecule has 1 saturated heterocycles. The van der Waals surface area contributed by atoms with Gasteiger partial charge in [-0.1, -0.05) is 6.92 Å². The highest BCUT2D eigenvalue weighted by molar-refractivity contribution is 9.10. The van der Waals surface area contributed by atoms with Crippen LogP contribution in [-0.4, -0.2) is 18.2 Å². The molecule has 1 fully saturated rings. The summed E-state index contributed by atoms with van der Waals surface area (Å²) in [6.45, 7) is 5.04. The maximum Gasteiger partial charge on any atom is 0.125 e. The first-order valence-corrected chi connectivity index (χ1v) is 7.17. The maximum atomic E-state index is 13.2. The van der Waals surface area contributed by atoms with E-state index in [4.69, 9.17) is 4.74 Å². The zero-order chi connectivity index (χ0) is 13.2. The van der Waals surface area contributed by atoms with E-state index in [2.05, 4.69) is 35.1 Å². The van der Waals surface area contributed by atoms with Gasteiger partial charge in [-0.2, -0.15) is 0 Å². The summed E-state index contributed by atoms with van der Waals surface area (Å²) in [5.41, 5.74) is 0.760. The van der Waals surface area contributed by atoms with Crippen LogP contribution in [0.1, 0.15) is 33.1 Å². The van der Waals surface area contributed by atoms with Crippen molar-refractivity contribution in [2.24, 2.45) is 0 Å². The second kappa shape index (κ2) is 5.57. The number of hydrogen-bond acceptors (Lipinski definition) is 2. The average molecular weight is 316 g/mol. The van der Waals surface area contributed by atoms with Gasteiger partial charge in [0.05, 0.1) is 11.3 Å². The third-order valence-corrected chi connectivity index (χ3v) is 4.32. The summed E-state index contributed by atoms with van der Waals surface area (Å²) in [6.07, 6.45) is 2.90. The number of benzene rings is 1. The van der Waals surface area contributed by atoms with Crippen LogP contribution in [0.15, 0.2) is 22.7 Å². The van der Waals surface area contributed by atoms with Crippen molar-refractivity contribution in [2.75, 3.05) is 11.9 Å². The van der Waals surface area contributed by atoms with Crippen molar-refractivity contribution < 1.29 is 9.13 Å². The number of hydrogen-bond donors (Lipinski definition) is 1. The minimum atomic E-state index is -0.217. The smallest absolute Gasteiger partial charge is 0.125 e. The highest BCUT2D eigenvalue weighted by Gasteiger charge is 2.31. The molecule has 0 radical (unpaired) electrons. The van der Waals surface area contributed by atoms with Crippen molar-refractivity contribution in [1.29, 1.82) is 0 Å². The molecule has 2 atom stereocenters.